The number of aryl methyl sites for hydroxylation is 2. The summed E-state index contributed by atoms with van der Waals surface area (Å²) in [5, 5.41) is 6.71. The zero-order chi connectivity index (χ0) is 22.8. The lowest BCUT2D eigenvalue weighted by molar-refractivity contribution is 0.0594. The molecule has 2 aromatic heterocycles. The van der Waals surface area contributed by atoms with E-state index in [-0.39, 0.29) is 12.5 Å². The third kappa shape index (κ3) is 4.78. The Balaban J connectivity index is 1.14. The van der Waals surface area contributed by atoms with E-state index in [1.54, 1.807) is 6.07 Å². The topological polar surface area (TPSA) is 63.7 Å². The summed E-state index contributed by atoms with van der Waals surface area (Å²) in [5.41, 5.74) is 2.30. The summed E-state index contributed by atoms with van der Waals surface area (Å²) in [6.07, 6.45) is 2.07. The monoisotopic (exact) mass is 444 g/mol. The maximum absolute atomic E-state index is 12.9. The number of carbonyl (C=O) groups is 1. The summed E-state index contributed by atoms with van der Waals surface area (Å²) in [6.45, 7) is 6.21. The Bertz CT molecular complexity index is 1270. The van der Waals surface area contributed by atoms with Crippen LogP contribution in [0.25, 0.3) is 10.8 Å². The number of aromatic nitrogens is 2. The molecule has 4 aromatic rings. The SMILES string of the molecule is Cc1nn(C)cc1CN1CCN(C(=O)c2ccc(COc3ccc4ccccc4c3)o2)CC1. The van der Waals surface area contributed by atoms with Crippen LogP contribution in [-0.4, -0.2) is 51.7 Å². The average Bonchev–Trinajstić information content (AvgIpc) is 3.43. The molecule has 7 heteroatoms. The second kappa shape index (κ2) is 9.11. The first kappa shape index (κ1) is 21.3. The normalized spacial score (nSPS) is 14.7. The van der Waals surface area contributed by atoms with Gasteiger partial charge in [0.15, 0.2) is 5.76 Å². The molecule has 2 aromatic carbocycles. The van der Waals surface area contributed by atoms with E-state index in [9.17, 15) is 4.79 Å². The molecule has 0 unspecified atom stereocenters. The van der Waals surface area contributed by atoms with Crippen LogP contribution < -0.4 is 4.74 Å². The van der Waals surface area contributed by atoms with Crippen LogP contribution >= 0.6 is 0 Å². The molecule has 1 saturated heterocycles. The fourth-order valence-corrected chi connectivity index (χ4v) is 4.29. The van der Waals surface area contributed by atoms with Gasteiger partial charge in [0.2, 0.25) is 0 Å². The van der Waals surface area contributed by atoms with Crippen LogP contribution in [-0.2, 0) is 20.2 Å². The molecule has 0 radical (unpaired) electrons. The molecule has 0 atom stereocenters. The molecule has 1 aliphatic heterocycles. The zero-order valence-electron chi connectivity index (χ0n) is 19.0. The Labute approximate surface area is 193 Å². The highest BCUT2D eigenvalue weighted by atomic mass is 16.5. The lowest BCUT2D eigenvalue weighted by atomic mass is 10.1. The van der Waals surface area contributed by atoms with Crippen molar-refractivity contribution in [3.8, 4) is 5.75 Å². The van der Waals surface area contributed by atoms with Crippen LogP contribution in [0, 0.1) is 6.92 Å². The third-order valence-electron chi connectivity index (χ3n) is 6.14. The zero-order valence-corrected chi connectivity index (χ0v) is 19.0. The number of rotatable bonds is 6. The molecular weight excluding hydrogens is 416 g/mol. The number of hydrogen-bond donors (Lipinski definition) is 0. The van der Waals surface area contributed by atoms with Gasteiger partial charge in [-0.3, -0.25) is 14.4 Å². The minimum atomic E-state index is -0.0656. The van der Waals surface area contributed by atoms with E-state index >= 15 is 0 Å². The first-order valence-corrected chi connectivity index (χ1v) is 11.3. The highest BCUT2D eigenvalue weighted by Crippen LogP contribution is 2.22. The lowest BCUT2D eigenvalue weighted by Gasteiger charge is -2.34. The van der Waals surface area contributed by atoms with Crippen LogP contribution in [0.1, 0.15) is 27.6 Å². The van der Waals surface area contributed by atoms with Gasteiger partial charge in [0.05, 0.1) is 5.69 Å². The van der Waals surface area contributed by atoms with Crippen molar-refractivity contribution in [1.82, 2.24) is 19.6 Å². The standard InChI is InChI=1S/C26H28N4O3/c1-19-22(16-28(2)27-19)17-29-11-13-30(14-12-29)26(31)25-10-9-24(33-25)18-32-23-8-7-20-5-3-4-6-21(20)15-23/h3-10,15-16H,11-14,17-18H2,1-2H3. The molecule has 1 fully saturated rings. The summed E-state index contributed by atoms with van der Waals surface area (Å²) >= 11 is 0. The van der Waals surface area contributed by atoms with Crippen LogP contribution in [0.4, 0.5) is 0 Å². The van der Waals surface area contributed by atoms with Crippen molar-refractivity contribution >= 4 is 16.7 Å². The van der Waals surface area contributed by atoms with E-state index in [1.807, 2.05) is 60.0 Å². The van der Waals surface area contributed by atoms with Gasteiger partial charge in [-0.15, -0.1) is 0 Å². The Morgan fingerprint density at radius 3 is 2.58 bits per heavy atom. The third-order valence-corrected chi connectivity index (χ3v) is 6.14. The molecule has 1 amide bonds. The van der Waals surface area contributed by atoms with Gasteiger partial charge in [-0.1, -0.05) is 30.3 Å². The summed E-state index contributed by atoms with van der Waals surface area (Å²) in [4.78, 5) is 17.1. The molecule has 0 spiro atoms. The maximum atomic E-state index is 12.9. The van der Waals surface area contributed by atoms with E-state index in [1.165, 1.54) is 10.9 Å². The molecule has 7 nitrogen and oxygen atoms in total. The summed E-state index contributed by atoms with van der Waals surface area (Å²) in [6, 6.07) is 17.7. The van der Waals surface area contributed by atoms with Crippen LogP contribution in [0.2, 0.25) is 0 Å². The summed E-state index contributed by atoms with van der Waals surface area (Å²) < 4.78 is 13.5. The molecule has 0 N–H and O–H groups in total. The van der Waals surface area contributed by atoms with Gasteiger partial charge in [0.25, 0.3) is 5.91 Å². The molecule has 3 heterocycles. The van der Waals surface area contributed by atoms with Crippen LogP contribution in [0.3, 0.4) is 0 Å². The van der Waals surface area contributed by atoms with E-state index in [0.29, 0.717) is 24.6 Å². The first-order chi connectivity index (χ1) is 16.0. The van der Waals surface area contributed by atoms with E-state index in [2.05, 4.69) is 28.3 Å². The average molecular weight is 445 g/mol. The van der Waals surface area contributed by atoms with Crippen molar-refractivity contribution in [2.45, 2.75) is 20.1 Å². The van der Waals surface area contributed by atoms with Gasteiger partial charge < -0.3 is 14.1 Å². The number of amides is 1. The molecule has 5 rings (SSSR count). The minimum Gasteiger partial charge on any atom is -0.486 e. The number of carbonyl (C=O) groups excluding carboxylic acids is 1. The van der Waals surface area contributed by atoms with Gasteiger partial charge in [-0.25, -0.2) is 0 Å². The second-order valence-electron chi connectivity index (χ2n) is 8.55. The summed E-state index contributed by atoms with van der Waals surface area (Å²) in [7, 11) is 1.94. The highest BCUT2D eigenvalue weighted by molar-refractivity contribution is 5.91. The van der Waals surface area contributed by atoms with Crippen molar-refractivity contribution in [3.05, 3.63) is 83.6 Å². The molecule has 0 aliphatic carbocycles. The predicted molar refractivity (Wildman–Crippen MR) is 126 cm³/mol. The summed E-state index contributed by atoms with van der Waals surface area (Å²) in [5.74, 6) is 1.71. The molecule has 0 saturated carbocycles. The molecule has 0 bridgehead atoms. The number of ether oxygens (including phenoxy) is 1. The minimum absolute atomic E-state index is 0.0656. The quantitative estimate of drug-likeness (QED) is 0.450. The first-order valence-electron chi connectivity index (χ1n) is 11.3. The van der Waals surface area contributed by atoms with Crippen molar-refractivity contribution in [2.24, 2.45) is 7.05 Å². The van der Waals surface area contributed by atoms with Crippen LogP contribution in [0.5, 0.6) is 5.75 Å². The van der Waals surface area contributed by atoms with Gasteiger partial charge in [-0.05, 0) is 42.0 Å². The molecule has 33 heavy (non-hydrogen) atoms. The lowest BCUT2D eigenvalue weighted by Crippen LogP contribution is -2.48. The molecule has 170 valence electrons. The Kier molecular flexibility index (Phi) is 5.88. The fourth-order valence-electron chi connectivity index (χ4n) is 4.29. The van der Waals surface area contributed by atoms with E-state index < -0.39 is 0 Å². The second-order valence-corrected chi connectivity index (χ2v) is 8.55. The smallest absolute Gasteiger partial charge is 0.289 e. The largest absolute Gasteiger partial charge is 0.486 e. The van der Waals surface area contributed by atoms with E-state index in [4.69, 9.17) is 9.15 Å². The number of hydrogen-bond acceptors (Lipinski definition) is 5. The van der Waals surface area contributed by atoms with Gasteiger partial charge in [0, 0.05) is 51.5 Å². The maximum Gasteiger partial charge on any atom is 0.289 e. The number of fused-ring (bicyclic) bond motifs is 1. The number of furan rings is 1. The van der Waals surface area contributed by atoms with Crippen LogP contribution in [0.15, 0.2) is 65.2 Å². The number of benzene rings is 2. The van der Waals surface area contributed by atoms with Crippen molar-refractivity contribution in [1.29, 1.82) is 0 Å². The van der Waals surface area contributed by atoms with Gasteiger partial charge in [0.1, 0.15) is 18.1 Å². The van der Waals surface area contributed by atoms with Crippen molar-refractivity contribution < 1.29 is 13.9 Å². The Morgan fingerprint density at radius 1 is 1.03 bits per heavy atom. The van der Waals surface area contributed by atoms with Gasteiger partial charge >= 0.3 is 0 Å². The number of nitrogens with zero attached hydrogens (tertiary/aromatic N) is 4. The van der Waals surface area contributed by atoms with Gasteiger partial charge in [-0.2, -0.15) is 5.10 Å². The Hall–Kier alpha value is -3.58. The number of piperazine rings is 1. The Morgan fingerprint density at radius 2 is 1.82 bits per heavy atom. The highest BCUT2D eigenvalue weighted by Gasteiger charge is 2.25. The fraction of sp³-hybridized carbons (Fsp3) is 0.308. The predicted octanol–water partition coefficient (Wildman–Crippen LogP) is 4.01. The molecular formula is C26H28N4O3. The van der Waals surface area contributed by atoms with Crippen molar-refractivity contribution in [2.75, 3.05) is 26.2 Å². The van der Waals surface area contributed by atoms with Crippen molar-refractivity contribution in [3.63, 3.8) is 0 Å². The molecule has 1 aliphatic rings. The van der Waals surface area contributed by atoms with E-state index in [0.717, 1.165) is 36.5 Å².